The maximum absolute atomic E-state index is 5.45. The Hall–Kier alpha value is -1.02. The monoisotopic (exact) mass is 193 g/mol. The van der Waals surface area contributed by atoms with Crippen molar-refractivity contribution in [2.45, 2.75) is 12.8 Å². The maximum atomic E-state index is 5.45. The molecule has 0 heterocycles. The van der Waals surface area contributed by atoms with Gasteiger partial charge in [-0.25, -0.2) is 0 Å². The van der Waals surface area contributed by atoms with Crippen molar-refractivity contribution in [1.29, 1.82) is 0 Å². The molecular weight excluding hydrogens is 176 g/mol. The molecule has 0 saturated carbocycles. The van der Waals surface area contributed by atoms with Crippen LogP contribution in [0, 0.1) is 6.92 Å². The Bertz CT molecular complexity index is 221. The van der Waals surface area contributed by atoms with Crippen molar-refractivity contribution in [1.82, 2.24) is 0 Å². The molecule has 2 nitrogen and oxygen atoms in total. The first-order chi connectivity index (χ1) is 6.93. The Labute approximate surface area is 85.8 Å². The molecule has 1 aromatic rings. The fourth-order valence-electron chi connectivity index (χ4n) is 1.04. The molecule has 0 N–H and O–H groups in total. The largest absolute Gasteiger partial charge is 0.491 e. The van der Waals surface area contributed by atoms with Crippen molar-refractivity contribution in [3.8, 4) is 5.75 Å². The average molecular weight is 193 g/mol. The molecule has 1 aromatic carbocycles. The Kier molecular flexibility index (Phi) is 5.84. The first-order valence-electron chi connectivity index (χ1n) is 4.98. The van der Waals surface area contributed by atoms with E-state index in [4.69, 9.17) is 9.47 Å². The second kappa shape index (κ2) is 7.39. The van der Waals surface area contributed by atoms with E-state index in [0.717, 1.165) is 25.2 Å². The molecule has 0 unspecified atom stereocenters. The molecular formula is C12H17O2. The summed E-state index contributed by atoms with van der Waals surface area (Å²) in [5.41, 5.74) is 0. The highest BCUT2D eigenvalue weighted by atomic mass is 16.5. The number of hydrogen-bond acceptors (Lipinski definition) is 2. The van der Waals surface area contributed by atoms with Crippen molar-refractivity contribution < 1.29 is 9.47 Å². The normalized spacial score (nSPS) is 10.1. The number of ether oxygens (including phenoxy) is 2. The fourth-order valence-corrected chi connectivity index (χ4v) is 1.04. The molecule has 0 spiro atoms. The van der Waals surface area contributed by atoms with E-state index in [0.29, 0.717) is 13.2 Å². The van der Waals surface area contributed by atoms with Crippen LogP contribution in [0.5, 0.6) is 5.75 Å². The van der Waals surface area contributed by atoms with Gasteiger partial charge in [0.1, 0.15) is 12.4 Å². The summed E-state index contributed by atoms with van der Waals surface area (Å²) in [4.78, 5) is 0. The van der Waals surface area contributed by atoms with Crippen LogP contribution in [0.4, 0.5) is 0 Å². The van der Waals surface area contributed by atoms with Crippen molar-refractivity contribution in [3.63, 3.8) is 0 Å². The molecule has 0 aliphatic heterocycles. The van der Waals surface area contributed by atoms with Crippen LogP contribution < -0.4 is 4.74 Å². The number of unbranched alkanes of at least 4 members (excludes halogenated alkanes) is 1. The van der Waals surface area contributed by atoms with Gasteiger partial charge in [-0.15, -0.1) is 0 Å². The van der Waals surface area contributed by atoms with Gasteiger partial charge in [0.15, 0.2) is 0 Å². The fraction of sp³-hybridized carbons (Fsp3) is 0.417. The summed E-state index contributed by atoms with van der Waals surface area (Å²) in [6.45, 7) is 5.78. The SMILES string of the molecule is [CH2]CCCOCCOc1ccccc1. The molecule has 1 rings (SSSR count). The summed E-state index contributed by atoms with van der Waals surface area (Å²) < 4.78 is 10.8. The summed E-state index contributed by atoms with van der Waals surface area (Å²) >= 11 is 0. The van der Waals surface area contributed by atoms with Crippen molar-refractivity contribution in [2.24, 2.45) is 0 Å². The van der Waals surface area contributed by atoms with E-state index >= 15 is 0 Å². The first kappa shape index (κ1) is 11.1. The standard InChI is InChI=1S/C12H17O2/c1-2-3-9-13-10-11-14-12-7-5-4-6-8-12/h4-8H,1-3,9-11H2. The Morgan fingerprint density at radius 2 is 1.79 bits per heavy atom. The van der Waals surface area contributed by atoms with Gasteiger partial charge in [0.25, 0.3) is 0 Å². The molecule has 0 atom stereocenters. The van der Waals surface area contributed by atoms with Crippen molar-refractivity contribution in [2.75, 3.05) is 19.8 Å². The van der Waals surface area contributed by atoms with E-state index < -0.39 is 0 Å². The highest BCUT2D eigenvalue weighted by Gasteiger charge is 1.91. The van der Waals surface area contributed by atoms with Gasteiger partial charge in [-0.05, 0) is 18.6 Å². The molecule has 0 bridgehead atoms. The zero-order valence-electron chi connectivity index (χ0n) is 8.45. The highest BCUT2D eigenvalue weighted by Crippen LogP contribution is 2.07. The lowest BCUT2D eigenvalue weighted by Gasteiger charge is -2.06. The van der Waals surface area contributed by atoms with Gasteiger partial charge in [0.05, 0.1) is 6.61 Å². The van der Waals surface area contributed by atoms with Crippen LogP contribution in [-0.2, 0) is 4.74 Å². The van der Waals surface area contributed by atoms with Gasteiger partial charge in [-0.3, -0.25) is 0 Å². The second-order valence-electron chi connectivity index (χ2n) is 2.98. The number of rotatable bonds is 7. The van der Waals surface area contributed by atoms with Gasteiger partial charge in [-0.1, -0.05) is 31.5 Å². The Morgan fingerprint density at radius 3 is 2.50 bits per heavy atom. The molecule has 1 radical (unpaired) electrons. The molecule has 0 aliphatic rings. The van der Waals surface area contributed by atoms with E-state index in [9.17, 15) is 0 Å². The molecule has 0 aromatic heterocycles. The summed E-state index contributed by atoms with van der Waals surface area (Å²) in [6, 6.07) is 9.77. The van der Waals surface area contributed by atoms with E-state index in [1.807, 2.05) is 30.3 Å². The van der Waals surface area contributed by atoms with Gasteiger partial charge in [-0.2, -0.15) is 0 Å². The zero-order chi connectivity index (χ0) is 10.1. The molecule has 14 heavy (non-hydrogen) atoms. The predicted molar refractivity (Wildman–Crippen MR) is 57.3 cm³/mol. The number of hydrogen-bond donors (Lipinski definition) is 0. The lowest BCUT2D eigenvalue weighted by molar-refractivity contribution is 0.0988. The van der Waals surface area contributed by atoms with Crippen LogP contribution in [0.25, 0.3) is 0 Å². The maximum Gasteiger partial charge on any atom is 0.119 e. The first-order valence-corrected chi connectivity index (χ1v) is 4.98. The Morgan fingerprint density at radius 1 is 1.00 bits per heavy atom. The molecule has 0 fully saturated rings. The molecule has 2 heteroatoms. The van der Waals surface area contributed by atoms with Crippen molar-refractivity contribution >= 4 is 0 Å². The minimum Gasteiger partial charge on any atom is -0.491 e. The van der Waals surface area contributed by atoms with Crippen LogP contribution in [0.1, 0.15) is 12.8 Å². The van der Waals surface area contributed by atoms with E-state index in [1.165, 1.54) is 0 Å². The van der Waals surface area contributed by atoms with Crippen LogP contribution in [0.15, 0.2) is 30.3 Å². The highest BCUT2D eigenvalue weighted by molar-refractivity contribution is 5.20. The number of para-hydroxylation sites is 1. The summed E-state index contributed by atoms with van der Waals surface area (Å²) in [6.07, 6.45) is 1.95. The molecule has 0 aliphatic carbocycles. The molecule has 0 saturated heterocycles. The van der Waals surface area contributed by atoms with Gasteiger partial charge >= 0.3 is 0 Å². The average Bonchev–Trinajstić information content (AvgIpc) is 2.25. The summed E-state index contributed by atoms with van der Waals surface area (Å²) in [5, 5.41) is 0. The van der Waals surface area contributed by atoms with E-state index in [-0.39, 0.29) is 0 Å². The van der Waals surface area contributed by atoms with Crippen LogP contribution in [0.2, 0.25) is 0 Å². The lowest BCUT2D eigenvalue weighted by Crippen LogP contribution is -2.07. The molecule has 0 amide bonds. The minimum absolute atomic E-state index is 0.612. The van der Waals surface area contributed by atoms with Crippen LogP contribution in [0.3, 0.4) is 0 Å². The van der Waals surface area contributed by atoms with Gasteiger partial charge in [0, 0.05) is 6.61 Å². The van der Waals surface area contributed by atoms with Crippen LogP contribution >= 0.6 is 0 Å². The minimum atomic E-state index is 0.612. The third-order valence-electron chi connectivity index (χ3n) is 1.78. The third-order valence-corrected chi connectivity index (χ3v) is 1.78. The zero-order valence-corrected chi connectivity index (χ0v) is 8.45. The number of benzene rings is 1. The van der Waals surface area contributed by atoms with Crippen LogP contribution in [-0.4, -0.2) is 19.8 Å². The quantitative estimate of drug-likeness (QED) is 0.620. The lowest BCUT2D eigenvalue weighted by atomic mass is 10.3. The Balaban J connectivity index is 1.99. The van der Waals surface area contributed by atoms with Gasteiger partial charge in [0.2, 0.25) is 0 Å². The second-order valence-corrected chi connectivity index (χ2v) is 2.98. The van der Waals surface area contributed by atoms with E-state index in [1.54, 1.807) is 0 Å². The van der Waals surface area contributed by atoms with Crippen molar-refractivity contribution in [3.05, 3.63) is 37.3 Å². The predicted octanol–water partition coefficient (Wildman–Crippen LogP) is 2.70. The smallest absolute Gasteiger partial charge is 0.119 e. The van der Waals surface area contributed by atoms with Gasteiger partial charge < -0.3 is 9.47 Å². The third kappa shape index (κ3) is 4.87. The summed E-state index contributed by atoms with van der Waals surface area (Å²) in [7, 11) is 0. The molecule has 77 valence electrons. The summed E-state index contributed by atoms with van der Waals surface area (Å²) in [5.74, 6) is 0.897. The topological polar surface area (TPSA) is 18.5 Å². The van der Waals surface area contributed by atoms with E-state index in [2.05, 4.69) is 6.92 Å².